The van der Waals surface area contributed by atoms with Crippen LogP contribution in [0, 0.1) is 20.8 Å². The number of piperidine rings is 1. The average Bonchev–Trinajstić information content (AvgIpc) is 2.71. The molecule has 132 valence electrons. The molecule has 2 heterocycles. The normalized spacial score (nSPS) is 27.2. The van der Waals surface area contributed by atoms with Gasteiger partial charge < -0.3 is 14.8 Å². The van der Waals surface area contributed by atoms with Crippen molar-refractivity contribution in [2.45, 2.75) is 51.2 Å². The monoisotopic (exact) mass is 332 g/mol. The number of aryl methyl sites for hydroxylation is 3. The first kappa shape index (κ1) is 17.4. The average molecular weight is 332 g/mol. The van der Waals surface area contributed by atoms with Gasteiger partial charge in [0, 0.05) is 20.1 Å². The van der Waals surface area contributed by atoms with Crippen molar-refractivity contribution in [3.8, 4) is 0 Å². The minimum Gasteiger partial charge on any atom is -0.389 e. The molecule has 2 atom stereocenters. The number of likely N-dealkylation sites (N-methyl/N-ethyl adjacent to an activating group) is 1. The van der Waals surface area contributed by atoms with Crippen molar-refractivity contribution in [3.05, 3.63) is 34.4 Å². The van der Waals surface area contributed by atoms with Gasteiger partial charge in [0.25, 0.3) is 0 Å². The molecule has 1 amide bonds. The lowest BCUT2D eigenvalue weighted by Crippen LogP contribution is -2.56. The number of aliphatic hydroxyl groups excluding tert-OH is 1. The van der Waals surface area contributed by atoms with E-state index in [0.29, 0.717) is 0 Å². The van der Waals surface area contributed by atoms with E-state index in [-0.39, 0.29) is 5.91 Å². The summed E-state index contributed by atoms with van der Waals surface area (Å²) in [5, 5.41) is 13.1. The van der Waals surface area contributed by atoms with E-state index >= 15 is 0 Å². The van der Waals surface area contributed by atoms with Crippen molar-refractivity contribution >= 4 is 5.91 Å². The summed E-state index contributed by atoms with van der Waals surface area (Å²) in [6, 6.07) is 4.20. The Morgan fingerprint density at radius 3 is 2.21 bits per heavy atom. The second kappa shape index (κ2) is 6.14. The number of carbonyl (C=O) groups is 1. The highest BCUT2D eigenvalue weighted by molar-refractivity contribution is 5.89. The van der Waals surface area contributed by atoms with Gasteiger partial charge in [-0.2, -0.15) is 5.06 Å². The number of likely N-dealkylation sites (tertiary alicyclic amines) is 1. The molecule has 2 aliphatic rings. The number of hydroxylamine groups is 2. The third-order valence-electron chi connectivity index (χ3n) is 6.03. The van der Waals surface area contributed by atoms with Crippen LogP contribution in [0.5, 0.6) is 0 Å². The van der Waals surface area contributed by atoms with E-state index in [1.54, 1.807) is 12.0 Å². The Kier molecular flexibility index (Phi) is 4.45. The second-order valence-corrected chi connectivity index (χ2v) is 7.35. The van der Waals surface area contributed by atoms with E-state index in [1.807, 2.05) is 26.0 Å². The Bertz CT molecular complexity index is 627. The summed E-state index contributed by atoms with van der Waals surface area (Å²) in [5.74, 6) is -0.437. The number of aliphatic hydroxyl groups is 1. The molecule has 0 saturated carbocycles. The molecule has 1 aromatic rings. The van der Waals surface area contributed by atoms with Gasteiger partial charge in [-0.1, -0.05) is 17.7 Å². The minimum absolute atomic E-state index is 0.0309. The maximum absolute atomic E-state index is 13.1. The predicted molar refractivity (Wildman–Crippen MR) is 92.7 cm³/mol. The summed E-state index contributed by atoms with van der Waals surface area (Å²) in [5.41, 5.74) is 3.87. The van der Waals surface area contributed by atoms with Crippen LogP contribution in [-0.2, 0) is 9.63 Å². The van der Waals surface area contributed by atoms with Crippen LogP contribution in [0.3, 0.4) is 0 Å². The molecule has 2 unspecified atom stereocenters. The second-order valence-electron chi connectivity index (χ2n) is 7.35. The van der Waals surface area contributed by atoms with E-state index in [1.165, 1.54) is 5.56 Å². The number of hydrogen-bond donors (Lipinski definition) is 1. The summed E-state index contributed by atoms with van der Waals surface area (Å²) >= 11 is 0. The molecule has 1 aromatic carbocycles. The van der Waals surface area contributed by atoms with Crippen LogP contribution in [0.4, 0.5) is 0 Å². The SMILES string of the molecule is CON1CCC2(CC1)C(O)C(c1c(C)cc(C)cc1C)C(=O)N2C. The number of amides is 1. The van der Waals surface area contributed by atoms with Gasteiger partial charge in [0.2, 0.25) is 5.91 Å². The molecule has 1 spiro atoms. The van der Waals surface area contributed by atoms with Crippen LogP contribution in [0.2, 0.25) is 0 Å². The lowest BCUT2D eigenvalue weighted by atomic mass is 9.77. The first-order chi connectivity index (χ1) is 11.3. The van der Waals surface area contributed by atoms with Gasteiger partial charge in [0.05, 0.1) is 24.7 Å². The van der Waals surface area contributed by atoms with Crippen molar-refractivity contribution in [1.29, 1.82) is 0 Å². The fraction of sp³-hybridized carbons (Fsp3) is 0.632. The molecule has 24 heavy (non-hydrogen) atoms. The number of hydrogen-bond acceptors (Lipinski definition) is 4. The maximum Gasteiger partial charge on any atom is 0.233 e. The zero-order valence-corrected chi connectivity index (χ0v) is 15.3. The van der Waals surface area contributed by atoms with Crippen molar-refractivity contribution in [2.75, 3.05) is 27.2 Å². The van der Waals surface area contributed by atoms with E-state index in [4.69, 9.17) is 4.84 Å². The number of rotatable bonds is 2. The molecule has 5 nitrogen and oxygen atoms in total. The molecular weight excluding hydrogens is 304 g/mol. The smallest absolute Gasteiger partial charge is 0.233 e. The first-order valence-corrected chi connectivity index (χ1v) is 8.64. The summed E-state index contributed by atoms with van der Waals surface area (Å²) < 4.78 is 0. The summed E-state index contributed by atoms with van der Waals surface area (Å²) in [6.07, 6.45) is 0.768. The van der Waals surface area contributed by atoms with Gasteiger partial charge in [-0.3, -0.25) is 4.79 Å². The van der Waals surface area contributed by atoms with Crippen LogP contribution < -0.4 is 0 Å². The highest BCUT2D eigenvalue weighted by Crippen LogP contribution is 2.46. The first-order valence-electron chi connectivity index (χ1n) is 8.64. The Balaban J connectivity index is 1.99. The minimum atomic E-state index is -0.686. The van der Waals surface area contributed by atoms with Crippen LogP contribution in [0.15, 0.2) is 12.1 Å². The molecule has 2 saturated heterocycles. The van der Waals surface area contributed by atoms with Crippen LogP contribution in [0.1, 0.15) is 41.0 Å². The van der Waals surface area contributed by atoms with Crippen molar-refractivity contribution in [2.24, 2.45) is 0 Å². The number of benzene rings is 1. The molecule has 0 aliphatic carbocycles. The molecule has 5 heteroatoms. The zero-order chi connectivity index (χ0) is 17.6. The Morgan fingerprint density at radius 1 is 1.17 bits per heavy atom. The highest BCUT2D eigenvalue weighted by Gasteiger charge is 2.58. The summed E-state index contributed by atoms with van der Waals surface area (Å²) in [7, 11) is 3.51. The quantitative estimate of drug-likeness (QED) is 0.899. The lowest BCUT2D eigenvalue weighted by Gasteiger charge is -2.44. The fourth-order valence-corrected chi connectivity index (χ4v) is 4.72. The number of carbonyl (C=O) groups excluding carboxylic acids is 1. The Labute approximate surface area is 144 Å². The topological polar surface area (TPSA) is 53.0 Å². The Hall–Kier alpha value is -1.43. The third kappa shape index (κ3) is 2.46. The molecule has 3 rings (SSSR count). The van der Waals surface area contributed by atoms with Crippen LogP contribution in [0.25, 0.3) is 0 Å². The summed E-state index contributed by atoms with van der Waals surface area (Å²) in [4.78, 5) is 20.2. The van der Waals surface area contributed by atoms with Crippen molar-refractivity contribution in [3.63, 3.8) is 0 Å². The molecule has 0 bridgehead atoms. The van der Waals surface area contributed by atoms with Crippen LogP contribution >= 0.6 is 0 Å². The van der Waals surface area contributed by atoms with Crippen molar-refractivity contribution in [1.82, 2.24) is 9.96 Å². The van der Waals surface area contributed by atoms with Gasteiger partial charge in [0.15, 0.2) is 0 Å². The standard InChI is InChI=1S/C19H28N2O3/c1-12-10-13(2)15(14(3)11-12)16-17(22)19(20(4)18(16)23)6-8-21(24-5)9-7-19/h10-11,16-17,22H,6-9H2,1-5H3. The predicted octanol–water partition coefficient (Wildman–Crippen LogP) is 1.92. The molecule has 0 radical (unpaired) electrons. The van der Waals surface area contributed by atoms with Gasteiger partial charge in [-0.25, -0.2) is 0 Å². The van der Waals surface area contributed by atoms with Crippen molar-refractivity contribution < 1.29 is 14.7 Å². The molecular formula is C19H28N2O3. The molecule has 1 N–H and O–H groups in total. The van der Waals surface area contributed by atoms with Crippen LogP contribution in [-0.4, -0.2) is 59.9 Å². The fourth-order valence-electron chi connectivity index (χ4n) is 4.72. The Morgan fingerprint density at radius 2 is 1.71 bits per heavy atom. The largest absolute Gasteiger partial charge is 0.389 e. The maximum atomic E-state index is 13.1. The summed E-state index contributed by atoms with van der Waals surface area (Å²) in [6.45, 7) is 7.58. The van der Waals surface area contributed by atoms with E-state index in [0.717, 1.165) is 42.6 Å². The van der Waals surface area contributed by atoms with E-state index in [2.05, 4.69) is 19.1 Å². The molecule has 0 aromatic heterocycles. The lowest BCUT2D eigenvalue weighted by molar-refractivity contribution is -0.169. The molecule has 2 aliphatic heterocycles. The zero-order valence-electron chi connectivity index (χ0n) is 15.3. The highest BCUT2D eigenvalue weighted by atomic mass is 16.7. The van der Waals surface area contributed by atoms with Gasteiger partial charge in [0.1, 0.15) is 0 Å². The molecule has 2 fully saturated rings. The van der Waals surface area contributed by atoms with Gasteiger partial charge >= 0.3 is 0 Å². The van der Waals surface area contributed by atoms with Gasteiger partial charge in [-0.05, 0) is 50.3 Å². The van der Waals surface area contributed by atoms with E-state index in [9.17, 15) is 9.90 Å². The van der Waals surface area contributed by atoms with Gasteiger partial charge in [-0.15, -0.1) is 0 Å². The number of nitrogens with zero attached hydrogens (tertiary/aromatic N) is 2. The third-order valence-corrected chi connectivity index (χ3v) is 6.03. The van der Waals surface area contributed by atoms with E-state index < -0.39 is 17.6 Å².